The van der Waals surface area contributed by atoms with Gasteiger partial charge in [-0.05, 0) is 47.5 Å². The number of amides is 2. The van der Waals surface area contributed by atoms with Crippen LogP contribution in [0, 0.1) is 0 Å². The molecule has 0 bridgehead atoms. The largest absolute Gasteiger partial charge is 0.497 e. The fraction of sp³-hybridized carbons (Fsp3) is 0.345. The van der Waals surface area contributed by atoms with Gasteiger partial charge in [-0.3, -0.25) is 4.90 Å². The summed E-state index contributed by atoms with van der Waals surface area (Å²) in [4.78, 5) is 17.1. The highest BCUT2D eigenvalue weighted by atomic mass is 35.5. The number of nitrogens with one attached hydrogen (secondary N) is 1. The summed E-state index contributed by atoms with van der Waals surface area (Å²) in [5.41, 5.74) is 2.63. The Hall–Kier alpha value is -3.46. The summed E-state index contributed by atoms with van der Waals surface area (Å²) in [6, 6.07) is 20.8. The minimum atomic E-state index is -0.175. The lowest BCUT2D eigenvalue weighted by Crippen LogP contribution is -2.50. The zero-order valence-electron chi connectivity index (χ0n) is 22.0. The van der Waals surface area contributed by atoms with E-state index in [1.165, 1.54) is 0 Å². The maximum Gasteiger partial charge on any atom is 0.322 e. The van der Waals surface area contributed by atoms with Crippen molar-refractivity contribution in [1.29, 1.82) is 0 Å². The number of urea groups is 1. The number of hydrogen-bond acceptors (Lipinski definition) is 6. The van der Waals surface area contributed by atoms with Crippen LogP contribution in [0.4, 0.5) is 10.5 Å². The van der Waals surface area contributed by atoms with E-state index in [-0.39, 0.29) is 12.1 Å². The first-order valence-corrected chi connectivity index (χ1v) is 12.9. The van der Waals surface area contributed by atoms with Crippen molar-refractivity contribution in [2.24, 2.45) is 0 Å². The maximum atomic E-state index is 13.0. The molecular weight excluding hydrogens is 506 g/mol. The Morgan fingerprint density at radius 3 is 2.34 bits per heavy atom. The number of piperazine rings is 1. The van der Waals surface area contributed by atoms with E-state index in [0.29, 0.717) is 48.5 Å². The summed E-state index contributed by atoms with van der Waals surface area (Å²) in [6.07, 6.45) is -0.175. The molecule has 1 saturated heterocycles. The first-order valence-electron chi connectivity index (χ1n) is 12.5. The van der Waals surface area contributed by atoms with Gasteiger partial charge in [-0.1, -0.05) is 35.9 Å². The molecule has 1 N–H and O–H groups in total. The summed E-state index contributed by atoms with van der Waals surface area (Å²) >= 11 is 6.16. The van der Waals surface area contributed by atoms with E-state index in [9.17, 15) is 4.79 Å². The minimum absolute atomic E-state index is 0.169. The van der Waals surface area contributed by atoms with Crippen molar-refractivity contribution in [3.05, 3.63) is 82.9 Å². The highest BCUT2D eigenvalue weighted by Gasteiger charge is 2.25. The number of carbonyl (C=O) groups is 1. The number of carbonyl (C=O) groups excluding carboxylic acids is 1. The van der Waals surface area contributed by atoms with Crippen molar-refractivity contribution in [2.45, 2.75) is 12.7 Å². The Kier molecular flexibility index (Phi) is 9.70. The molecular formula is C29H34ClN3O5. The fourth-order valence-corrected chi connectivity index (χ4v) is 4.61. The monoisotopic (exact) mass is 539 g/mol. The average Bonchev–Trinajstić information content (AvgIpc) is 2.95. The Bertz CT molecular complexity index is 1220. The second-order valence-corrected chi connectivity index (χ2v) is 9.43. The van der Waals surface area contributed by atoms with Crippen LogP contribution >= 0.6 is 11.6 Å². The number of nitrogens with zero attached hydrogens (tertiary/aromatic N) is 2. The van der Waals surface area contributed by atoms with Gasteiger partial charge in [0, 0.05) is 43.8 Å². The third kappa shape index (κ3) is 7.31. The molecule has 1 unspecified atom stereocenters. The lowest BCUT2D eigenvalue weighted by molar-refractivity contribution is 0.00584. The Morgan fingerprint density at radius 2 is 1.63 bits per heavy atom. The van der Waals surface area contributed by atoms with Crippen LogP contribution in [-0.4, -0.2) is 69.9 Å². The Balaban J connectivity index is 1.38. The van der Waals surface area contributed by atoms with Crippen molar-refractivity contribution in [2.75, 3.05) is 59.4 Å². The molecule has 202 valence electrons. The van der Waals surface area contributed by atoms with Gasteiger partial charge in [0.1, 0.15) is 17.2 Å². The molecule has 2 amide bonds. The molecule has 1 aliphatic heterocycles. The predicted octanol–water partition coefficient (Wildman–Crippen LogP) is 5.47. The molecule has 0 spiro atoms. The summed E-state index contributed by atoms with van der Waals surface area (Å²) < 4.78 is 22.5. The second-order valence-electron chi connectivity index (χ2n) is 8.99. The van der Waals surface area contributed by atoms with E-state index in [4.69, 9.17) is 30.5 Å². The smallest absolute Gasteiger partial charge is 0.322 e. The molecule has 1 atom stereocenters. The van der Waals surface area contributed by atoms with Crippen molar-refractivity contribution in [1.82, 2.24) is 9.80 Å². The second kappa shape index (κ2) is 13.4. The number of ether oxygens (including phenoxy) is 4. The molecule has 38 heavy (non-hydrogen) atoms. The van der Waals surface area contributed by atoms with Gasteiger partial charge in [-0.2, -0.15) is 0 Å². The quantitative estimate of drug-likeness (QED) is 0.368. The van der Waals surface area contributed by atoms with E-state index in [1.807, 2.05) is 47.4 Å². The molecule has 0 aliphatic carbocycles. The van der Waals surface area contributed by atoms with Crippen molar-refractivity contribution < 1.29 is 23.7 Å². The minimum Gasteiger partial charge on any atom is -0.497 e. The van der Waals surface area contributed by atoms with E-state index >= 15 is 0 Å². The van der Waals surface area contributed by atoms with Crippen molar-refractivity contribution >= 4 is 23.3 Å². The third-order valence-corrected chi connectivity index (χ3v) is 6.77. The molecule has 1 aliphatic rings. The third-order valence-electron chi connectivity index (χ3n) is 6.54. The lowest BCUT2D eigenvalue weighted by atomic mass is 10.1. The van der Waals surface area contributed by atoms with Crippen LogP contribution in [0.2, 0.25) is 5.02 Å². The van der Waals surface area contributed by atoms with E-state index < -0.39 is 0 Å². The van der Waals surface area contributed by atoms with Gasteiger partial charge in [0.25, 0.3) is 0 Å². The summed E-state index contributed by atoms with van der Waals surface area (Å²) in [5.74, 6) is 2.01. The number of hydrogen-bond donors (Lipinski definition) is 1. The van der Waals surface area contributed by atoms with Gasteiger partial charge in [0.15, 0.2) is 0 Å². The highest BCUT2D eigenvalue weighted by molar-refractivity contribution is 6.30. The molecule has 8 nitrogen and oxygen atoms in total. The number of anilines is 1. The number of methoxy groups -OCH3 is 3. The number of halogens is 1. The van der Waals surface area contributed by atoms with Crippen LogP contribution in [0.25, 0.3) is 0 Å². The number of rotatable bonds is 10. The van der Waals surface area contributed by atoms with Gasteiger partial charge < -0.3 is 29.2 Å². The molecule has 0 radical (unpaired) electrons. The van der Waals surface area contributed by atoms with Crippen LogP contribution in [-0.2, 0) is 11.3 Å². The van der Waals surface area contributed by atoms with Gasteiger partial charge in [0.05, 0.1) is 39.7 Å². The summed E-state index contributed by atoms with van der Waals surface area (Å²) in [7, 11) is 4.82. The van der Waals surface area contributed by atoms with Gasteiger partial charge in [-0.25, -0.2) is 4.79 Å². The summed E-state index contributed by atoms with van der Waals surface area (Å²) in [6.45, 7) is 3.77. The highest BCUT2D eigenvalue weighted by Crippen LogP contribution is 2.29. The molecule has 9 heteroatoms. The fourth-order valence-electron chi connectivity index (χ4n) is 4.39. The van der Waals surface area contributed by atoms with E-state index in [0.717, 1.165) is 30.0 Å². The SMILES string of the molecule is COc1cccc(C(CN2CCN(C(=O)Nc3cc(OC)ccc3OC)CC2)OCc2cccc(Cl)c2)c1. The van der Waals surface area contributed by atoms with E-state index in [1.54, 1.807) is 39.5 Å². The molecule has 1 fully saturated rings. The molecule has 1 heterocycles. The average molecular weight is 540 g/mol. The Labute approximate surface area is 229 Å². The first kappa shape index (κ1) is 27.6. The van der Waals surface area contributed by atoms with Crippen LogP contribution in [0.15, 0.2) is 66.7 Å². The molecule has 3 aromatic rings. The maximum absolute atomic E-state index is 13.0. The van der Waals surface area contributed by atoms with E-state index in [2.05, 4.69) is 16.3 Å². The molecule has 0 saturated carbocycles. The molecule has 3 aromatic carbocycles. The normalized spacial score (nSPS) is 14.6. The van der Waals surface area contributed by atoms with Gasteiger partial charge in [0.2, 0.25) is 0 Å². The summed E-state index contributed by atoms with van der Waals surface area (Å²) in [5, 5.41) is 3.64. The first-order chi connectivity index (χ1) is 18.5. The van der Waals surface area contributed by atoms with Crippen LogP contribution in [0.1, 0.15) is 17.2 Å². The van der Waals surface area contributed by atoms with Crippen LogP contribution < -0.4 is 19.5 Å². The Morgan fingerprint density at radius 1 is 0.895 bits per heavy atom. The topological polar surface area (TPSA) is 72.5 Å². The van der Waals surface area contributed by atoms with Crippen molar-refractivity contribution in [3.63, 3.8) is 0 Å². The zero-order valence-corrected chi connectivity index (χ0v) is 22.7. The van der Waals surface area contributed by atoms with Crippen LogP contribution in [0.3, 0.4) is 0 Å². The van der Waals surface area contributed by atoms with Gasteiger partial charge in [-0.15, -0.1) is 0 Å². The van der Waals surface area contributed by atoms with Crippen molar-refractivity contribution in [3.8, 4) is 17.2 Å². The standard InChI is InChI=1S/C29H34ClN3O5/c1-35-24-9-5-7-22(17-24)28(38-20-21-6-4-8-23(30)16-21)19-32-12-14-33(15-13-32)29(34)31-26-18-25(36-2)10-11-27(26)37-3/h4-11,16-18,28H,12-15,19-20H2,1-3H3,(H,31,34). The lowest BCUT2D eigenvalue weighted by Gasteiger charge is -2.36. The zero-order chi connectivity index (χ0) is 26.9. The van der Waals surface area contributed by atoms with Gasteiger partial charge >= 0.3 is 6.03 Å². The molecule has 4 rings (SSSR count). The number of benzene rings is 3. The predicted molar refractivity (Wildman–Crippen MR) is 149 cm³/mol. The molecule has 0 aromatic heterocycles. The van der Waals surface area contributed by atoms with Crippen LogP contribution in [0.5, 0.6) is 17.2 Å².